The maximum atomic E-state index is 12.6. The molecule has 0 radical (unpaired) electrons. The molecule has 2 aromatic heterocycles. The molecule has 2 amide bonds. The van der Waals surface area contributed by atoms with Crippen LogP contribution in [0.1, 0.15) is 27.5 Å². The summed E-state index contributed by atoms with van der Waals surface area (Å²) in [5.41, 5.74) is 2.03. The van der Waals surface area contributed by atoms with Gasteiger partial charge in [0.25, 0.3) is 11.7 Å². The number of hydrogen-bond donors (Lipinski definition) is 2. The first-order chi connectivity index (χ1) is 13.5. The predicted octanol–water partition coefficient (Wildman–Crippen LogP) is 1.70. The first kappa shape index (κ1) is 19.1. The van der Waals surface area contributed by atoms with E-state index in [9.17, 15) is 14.4 Å². The maximum Gasteiger partial charge on any atom is 0.292 e. The number of nitrogens with zero attached hydrogens (tertiary/aromatic N) is 2. The molecule has 2 heterocycles. The summed E-state index contributed by atoms with van der Waals surface area (Å²) in [6, 6.07) is 12.8. The van der Waals surface area contributed by atoms with E-state index in [0.29, 0.717) is 17.1 Å². The lowest BCUT2D eigenvalue weighted by molar-refractivity contribution is -0.124. The van der Waals surface area contributed by atoms with Gasteiger partial charge in [-0.15, -0.1) is 0 Å². The smallest absolute Gasteiger partial charge is 0.292 e. The Kier molecular flexibility index (Phi) is 5.69. The van der Waals surface area contributed by atoms with E-state index in [0.717, 1.165) is 5.69 Å². The van der Waals surface area contributed by atoms with Gasteiger partial charge in [0.2, 0.25) is 5.91 Å². The largest absolute Gasteiger partial charge is 0.467 e. The summed E-state index contributed by atoms with van der Waals surface area (Å²) < 4.78 is 6.72. The molecule has 28 heavy (non-hydrogen) atoms. The molecule has 1 aromatic carbocycles. The Morgan fingerprint density at radius 2 is 1.79 bits per heavy atom. The lowest BCUT2D eigenvalue weighted by atomic mass is 10.1. The zero-order valence-corrected chi connectivity index (χ0v) is 15.6. The van der Waals surface area contributed by atoms with Crippen molar-refractivity contribution in [2.75, 3.05) is 6.54 Å². The maximum absolute atomic E-state index is 12.6. The summed E-state index contributed by atoms with van der Waals surface area (Å²) in [5.74, 6) is -1.41. The van der Waals surface area contributed by atoms with Gasteiger partial charge in [-0.2, -0.15) is 5.10 Å². The van der Waals surface area contributed by atoms with Crippen LogP contribution in [0.5, 0.6) is 0 Å². The van der Waals surface area contributed by atoms with Crippen molar-refractivity contribution in [3.05, 3.63) is 71.4 Å². The van der Waals surface area contributed by atoms with E-state index in [2.05, 4.69) is 15.7 Å². The van der Waals surface area contributed by atoms with E-state index >= 15 is 0 Å². The molecule has 0 aliphatic heterocycles. The molecule has 0 aliphatic carbocycles. The molecule has 144 valence electrons. The van der Waals surface area contributed by atoms with Gasteiger partial charge in [-0.1, -0.05) is 18.2 Å². The van der Waals surface area contributed by atoms with Gasteiger partial charge < -0.3 is 15.1 Å². The van der Waals surface area contributed by atoms with Crippen molar-refractivity contribution in [2.45, 2.75) is 20.4 Å². The summed E-state index contributed by atoms with van der Waals surface area (Å²) in [5, 5.41) is 9.30. The lowest BCUT2D eigenvalue weighted by Crippen LogP contribution is -2.39. The van der Waals surface area contributed by atoms with Crippen molar-refractivity contribution in [1.29, 1.82) is 0 Å². The van der Waals surface area contributed by atoms with Gasteiger partial charge in [0.15, 0.2) is 0 Å². The number of carbonyl (C=O) groups is 3. The average Bonchev–Trinajstić information content (AvgIpc) is 3.32. The van der Waals surface area contributed by atoms with Crippen molar-refractivity contribution in [2.24, 2.45) is 0 Å². The van der Waals surface area contributed by atoms with Gasteiger partial charge in [-0.3, -0.25) is 14.4 Å². The highest BCUT2D eigenvalue weighted by molar-refractivity contribution is 6.43. The van der Waals surface area contributed by atoms with Crippen LogP contribution in [-0.4, -0.2) is 33.9 Å². The SMILES string of the molecule is Cc1nn(-c2ccccc2)c(C)c1C(=O)C(=O)NCC(=O)NCc1ccco1. The fourth-order valence-corrected chi connectivity index (χ4v) is 2.81. The van der Waals surface area contributed by atoms with Crippen molar-refractivity contribution in [3.8, 4) is 5.69 Å². The van der Waals surface area contributed by atoms with Gasteiger partial charge in [0, 0.05) is 0 Å². The number of para-hydroxylation sites is 1. The van der Waals surface area contributed by atoms with Crippen LogP contribution in [0, 0.1) is 13.8 Å². The Morgan fingerprint density at radius 3 is 2.46 bits per heavy atom. The van der Waals surface area contributed by atoms with Gasteiger partial charge in [-0.05, 0) is 38.1 Å². The Morgan fingerprint density at radius 1 is 1.04 bits per heavy atom. The number of amides is 2. The molecule has 0 atom stereocenters. The van der Waals surface area contributed by atoms with E-state index in [-0.39, 0.29) is 18.7 Å². The average molecular weight is 380 g/mol. The summed E-state index contributed by atoms with van der Waals surface area (Å²) in [7, 11) is 0. The van der Waals surface area contributed by atoms with Gasteiger partial charge >= 0.3 is 0 Å². The lowest BCUT2D eigenvalue weighted by Gasteiger charge is -2.06. The van der Waals surface area contributed by atoms with Crippen LogP contribution >= 0.6 is 0 Å². The summed E-state index contributed by atoms with van der Waals surface area (Å²) in [6.45, 7) is 3.29. The highest BCUT2D eigenvalue weighted by Crippen LogP contribution is 2.18. The third-order valence-electron chi connectivity index (χ3n) is 4.17. The molecular formula is C20H20N4O4. The summed E-state index contributed by atoms with van der Waals surface area (Å²) in [4.78, 5) is 36.6. The Bertz CT molecular complexity index is 991. The minimum atomic E-state index is -0.855. The van der Waals surface area contributed by atoms with Crippen molar-refractivity contribution in [1.82, 2.24) is 20.4 Å². The van der Waals surface area contributed by atoms with Gasteiger partial charge in [0.1, 0.15) is 5.76 Å². The standard InChI is InChI=1S/C20H20N4O4/c1-13-18(14(2)24(23-13)15-7-4-3-5-8-15)19(26)20(27)22-12-17(25)21-11-16-9-6-10-28-16/h3-10H,11-12H2,1-2H3,(H,21,25)(H,22,27). The molecule has 0 saturated carbocycles. The van der Waals surface area contributed by atoms with Crippen molar-refractivity contribution in [3.63, 3.8) is 0 Å². The van der Waals surface area contributed by atoms with Crippen LogP contribution in [0.2, 0.25) is 0 Å². The van der Waals surface area contributed by atoms with Crippen LogP contribution in [0.25, 0.3) is 5.69 Å². The number of furan rings is 1. The van der Waals surface area contributed by atoms with E-state index in [1.807, 2.05) is 30.3 Å². The molecule has 8 heteroatoms. The third kappa shape index (κ3) is 4.17. The van der Waals surface area contributed by atoms with Crippen molar-refractivity contribution < 1.29 is 18.8 Å². The fourth-order valence-electron chi connectivity index (χ4n) is 2.81. The Hall–Kier alpha value is -3.68. The Balaban J connectivity index is 1.62. The minimum Gasteiger partial charge on any atom is -0.467 e. The fraction of sp³-hybridized carbons (Fsp3) is 0.200. The second kappa shape index (κ2) is 8.34. The number of hydrogen-bond acceptors (Lipinski definition) is 5. The van der Waals surface area contributed by atoms with Crippen LogP contribution in [0.15, 0.2) is 53.1 Å². The normalized spacial score (nSPS) is 10.5. The number of carbonyl (C=O) groups excluding carboxylic acids is 3. The van der Waals surface area contributed by atoms with Gasteiger partial charge in [-0.25, -0.2) is 4.68 Å². The molecule has 2 N–H and O–H groups in total. The summed E-state index contributed by atoms with van der Waals surface area (Å²) >= 11 is 0. The molecule has 0 fully saturated rings. The molecule has 0 bridgehead atoms. The zero-order chi connectivity index (χ0) is 20.1. The molecule has 0 spiro atoms. The van der Waals surface area contributed by atoms with Crippen LogP contribution < -0.4 is 10.6 Å². The van der Waals surface area contributed by atoms with Crippen LogP contribution in [0.4, 0.5) is 0 Å². The first-order valence-electron chi connectivity index (χ1n) is 8.70. The molecule has 0 unspecified atom stereocenters. The number of nitrogens with one attached hydrogen (secondary N) is 2. The number of aromatic nitrogens is 2. The van der Waals surface area contributed by atoms with E-state index < -0.39 is 17.6 Å². The number of ketones is 1. The topological polar surface area (TPSA) is 106 Å². The third-order valence-corrected chi connectivity index (χ3v) is 4.17. The van der Waals surface area contributed by atoms with Gasteiger partial charge in [0.05, 0.1) is 42.0 Å². The molecule has 8 nitrogen and oxygen atoms in total. The summed E-state index contributed by atoms with van der Waals surface area (Å²) in [6.07, 6.45) is 1.50. The second-order valence-corrected chi connectivity index (χ2v) is 6.16. The zero-order valence-electron chi connectivity index (χ0n) is 15.6. The number of benzene rings is 1. The molecule has 0 saturated heterocycles. The first-order valence-corrected chi connectivity index (χ1v) is 8.70. The second-order valence-electron chi connectivity index (χ2n) is 6.16. The monoisotopic (exact) mass is 380 g/mol. The highest BCUT2D eigenvalue weighted by atomic mass is 16.3. The van der Waals surface area contributed by atoms with E-state index in [4.69, 9.17) is 4.42 Å². The molecular weight excluding hydrogens is 360 g/mol. The van der Waals surface area contributed by atoms with Crippen LogP contribution in [0.3, 0.4) is 0 Å². The number of Topliss-reactive ketones (excluding diaryl/α,β-unsaturated/α-hetero) is 1. The molecule has 0 aliphatic rings. The minimum absolute atomic E-state index is 0.206. The highest BCUT2D eigenvalue weighted by Gasteiger charge is 2.25. The predicted molar refractivity (Wildman–Crippen MR) is 101 cm³/mol. The number of aryl methyl sites for hydroxylation is 1. The Labute approximate surface area is 161 Å². The van der Waals surface area contributed by atoms with Crippen LogP contribution in [-0.2, 0) is 16.1 Å². The van der Waals surface area contributed by atoms with E-state index in [1.165, 1.54) is 6.26 Å². The number of rotatable bonds is 7. The molecule has 3 aromatic rings. The van der Waals surface area contributed by atoms with Crippen molar-refractivity contribution >= 4 is 17.6 Å². The molecule has 3 rings (SSSR count). The quantitative estimate of drug-likeness (QED) is 0.479. The van der Waals surface area contributed by atoms with E-state index in [1.54, 1.807) is 30.7 Å².